The third-order valence-electron chi connectivity index (χ3n) is 9.78. The molecular weight excluding hydrogens is 716 g/mol. The number of fused-ring (bicyclic) bond motifs is 4. The number of rotatable bonds is 12. The van der Waals surface area contributed by atoms with Gasteiger partial charge in [0.25, 0.3) is 5.91 Å². The van der Waals surface area contributed by atoms with E-state index in [0.717, 1.165) is 33.0 Å². The van der Waals surface area contributed by atoms with E-state index >= 15 is 0 Å². The second-order valence-corrected chi connectivity index (χ2v) is 13.6. The number of allylic oxidation sites excluding steroid dienone is 2. The number of aliphatic hydroxyl groups is 1. The fourth-order valence-corrected chi connectivity index (χ4v) is 6.92. The van der Waals surface area contributed by atoms with Crippen LogP contribution in [0.25, 0.3) is 21.9 Å². The largest absolute Gasteiger partial charge is 0.461 e. The quantitative estimate of drug-likeness (QED) is 0.0784. The topological polar surface area (TPSA) is 181 Å². The van der Waals surface area contributed by atoms with Gasteiger partial charge in [0.1, 0.15) is 25.3 Å². The zero-order valence-corrected chi connectivity index (χ0v) is 30.9. The molecule has 4 aromatic carbocycles. The molecule has 0 bridgehead atoms. The number of alkyl carbamates (subject to hydrolysis) is 1. The number of hydrogen-bond donors (Lipinski definition) is 5. The maximum Gasteiger partial charge on any atom is 0.407 e. The predicted octanol–water partition coefficient (Wildman–Crippen LogP) is 4.59. The molecule has 3 unspecified atom stereocenters. The van der Waals surface area contributed by atoms with E-state index < -0.39 is 54.4 Å². The van der Waals surface area contributed by atoms with Crippen molar-refractivity contribution < 1.29 is 43.3 Å². The number of benzene rings is 4. The second-order valence-electron chi connectivity index (χ2n) is 13.6. The van der Waals surface area contributed by atoms with E-state index in [4.69, 9.17) is 19.3 Å². The monoisotopic (exact) mass is 762 g/mol. The molecule has 56 heavy (non-hydrogen) atoms. The standard InChI is InChI=1S/C43H46N4O9/c48-21-23-54-22-20-44-39(49)25-30-12-2-1-3-17-37(47-43(53)56-26-36-34-15-8-6-13-32(34)33-14-7-9-16-35(33)36)42(52)55-27-38(46-40(30)50)41(51)45-31-19-18-28-10-4-5-11-29(28)24-31/h1-2,4-11,13-16,18-19,24,30,36-38,48H,3,12,17,20-23,25-27H2,(H,44,49)(H,45,51)(H,46,50)(H,47,53). The molecule has 1 aliphatic heterocycles. The van der Waals surface area contributed by atoms with Gasteiger partial charge in [-0.25, -0.2) is 9.59 Å². The lowest BCUT2D eigenvalue weighted by Gasteiger charge is -2.23. The molecule has 3 atom stereocenters. The first-order chi connectivity index (χ1) is 27.3. The SMILES string of the molecule is O=C(CC1CC=CCCC(NC(=O)OCC2c3ccccc3-c3ccccc32)C(=O)OCC(C(=O)Nc2ccc3ccccc3c2)NC1=O)NCCOCCO. The molecule has 2 aliphatic rings. The lowest BCUT2D eigenvalue weighted by atomic mass is 9.98. The number of aliphatic hydroxyl groups excluding tert-OH is 1. The molecule has 0 fully saturated rings. The van der Waals surface area contributed by atoms with Crippen molar-refractivity contribution >= 4 is 46.2 Å². The number of hydrogen-bond acceptors (Lipinski definition) is 9. The Morgan fingerprint density at radius 3 is 2.32 bits per heavy atom. The van der Waals surface area contributed by atoms with Crippen LogP contribution in [0.2, 0.25) is 0 Å². The van der Waals surface area contributed by atoms with Crippen LogP contribution >= 0.6 is 0 Å². The molecule has 13 heteroatoms. The van der Waals surface area contributed by atoms with Crippen LogP contribution in [0.3, 0.4) is 0 Å². The van der Waals surface area contributed by atoms with Gasteiger partial charge in [0.15, 0.2) is 0 Å². The number of esters is 1. The number of carbonyl (C=O) groups is 5. The normalized spacial score (nSPS) is 18.6. The summed E-state index contributed by atoms with van der Waals surface area (Å²) in [5, 5.41) is 21.6. The number of amides is 4. The summed E-state index contributed by atoms with van der Waals surface area (Å²) >= 11 is 0. The lowest BCUT2D eigenvalue weighted by molar-refractivity contribution is -0.148. The fourth-order valence-electron chi connectivity index (χ4n) is 6.92. The molecule has 13 nitrogen and oxygen atoms in total. The molecule has 292 valence electrons. The Morgan fingerprint density at radius 2 is 1.57 bits per heavy atom. The second kappa shape index (κ2) is 19.5. The highest BCUT2D eigenvalue weighted by molar-refractivity contribution is 6.00. The molecule has 6 rings (SSSR count). The Morgan fingerprint density at radius 1 is 0.857 bits per heavy atom. The molecule has 4 amide bonds. The highest BCUT2D eigenvalue weighted by atomic mass is 16.6. The molecule has 5 N–H and O–H groups in total. The summed E-state index contributed by atoms with van der Waals surface area (Å²) in [6, 6.07) is 26.5. The van der Waals surface area contributed by atoms with Crippen LogP contribution in [0.15, 0.2) is 103 Å². The van der Waals surface area contributed by atoms with Gasteiger partial charge >= 0.3 is 12.1 Å². The fraction of sp³-hybridized carbons (Fsp3) is 0.326. The van der Waals surface area contributed by atoms with Crippen LogP contribution in [0.5, 0.6) is 0 Å². The Labute approximate surface area is 324 Å². The average molecular weight is 763 g/mol. The maximum atomic E-state index is 13.7. The van der Waals surface area contributed by atoms with E-state index in [0.29, 0.717) is 12.1 Å². The van der Waals surface area contributed by atoms with Gasteiger partial charge in [0.2, 0.25) is 11.8 Å². The van der Waals surface area contributed by atoms with E-state index in [1.807, 2.05) is 78.9 Å². The zero-order chi connectivity index (χ0) is 39.3. The van der Waals surface area contributed by atoms with Gasteiger partial charge in [0.05, 0.1) is 25.7 Å². The number of cyclic esters (lactones) is 1. The molecule has 1 aliphatic carbocycles. The highest BCUT2D eigenvalue weighted by Gasteiger charge is 2.32. The minimum Gasteiger partial charge on any atom is -0.461 e. The van der Waals surface area contributed by atoms with Crippen LogP contribution in [-0.4, -0.2) is 86.6 Å². The zero-order valence-electron chi connectivity index (χ0n) is 30.9. The van der Waals surface area contributed by atoms with Crippen molar-refractivity contribution in [3.63, 3.8) is 0 Å². The van der Waals surface area contributed by atoms with Crippen LogP contribution in [0.4, 0.5) is 10.5 Å². The third-order valence-corrected chi connectivity index (χ3v) is 9.78. The van der Waals surface area contributed by atoms with Crippen LogP contribution in [-0.2, 0) is 33.4 Å². The Hall–Kier alpha value is -6.05. The van der Waals surface area contributed by atoms with E-state index in [-0.39, 0.29) is 58.2 Å². The summed E-state index contributed by atoms with van der Waals surface area (Å²) in [6.45, 7) is -0.109. The van der Waals surface area contributed by atoms with Crippen molar-refractivity contribution in [3.05, 3.63) is 114 Å². The smallest absolute Gasteiger partial charge is 0.407 e. The summed E-state index contributed by atoms with van der Waals surface area (Å²) in [7, 11) is 0. The molecule has 4 aromatic rings. The van der Waals surface area contributed by atoms with Crippen LogP contribution < -0.4 is 21.3 Å². The summed E-state index contributed by atoms with van der Waals surface area (Å²) in [6.07, 6.45) is 3.17. The summed E-state index contributed by atoms with van der Waals surface area (Å²) in [5.41, 5.74) is 4.73. The minimum absolute atomic E-state index is 0.0508. The van der Waals surface area contributed by atoms with Crippen molar-refractivity contribution in [3.8, 4) is 11.1 Å². The average Bonchev–Trinajstić information content (AvgIpc) is 3.53. The van der Waals surface area contributed by atoms with Gasteiger partial charge in [-0.05, 0) is 64.4 Å². The molecule has 0 spiro atoms. The van der Waals surface area contributed by atoms with Crippen LogP contribution in [0.1, 0.15) is 42.7 Å². The van der Waals surface area contributed by atoms with Gasteiger partial charge in [-0.1, -0.05) is 91.0 Å². The van der Waals surface area contributed by atoms with Gasteiger partial charge in [-0.2, -0.15) is 0 Å². The summed E-state index contributed by atoms with van der Waals surface area (Å²) in [5.74, 6) is -3.45. The van der Waals surface area contributed by atoms with Gasteiger partial charge in [-0.3, -0.25) is 14.4 Å². The number of carbonyl (C=O) groups excluding carboxylic acids is 5. The van der Waals surface area contributed by atoms with Crippen LogP contribution in [0, 0.1) is 5.92 Å². The number of ether oxygens (including phenoxy) is 3. The first-order valence-corrected chi connectivity index (χ1v) is 18.8. The minimum atomic E-state index is -1.34. The lowest BCUT2D eigenvalue weighted by Crippen LogP contribution is -2.50. The van der Waals surface area contributed by atoms with E-state index in [9.17, 15) is 24.0 Å². The highest BCUT2D eigenvalue weighted by Crippen LogP contribution is 2.44. The Kier molecular flexibility index (Phi) is 13.8. The van der Waals surface area contributed by atoms with Gasteiger partial charge in [0, 0.05) is 24.6 Å². The van der Waals surface area contributed by atoms with Crippen molar-refractivity contribution in [2.24, 2.45) is 5.92 Å². The molecule has 0 saturated heterocycles. The van der Waals surface area contributed by atoms with Crippen molar-refractivity contribution in [2.45, 2.75) is 43.7 Å². The molecular formula is C43H46N4O9. The van der Waals surface area contributed by atoms with Gasteiger partial charge in [-0.15, -0.1) is 0 Å². The molecule has 0 saturated carbocycles. The molecule has 0 radical (unpaired) electrons. The number of anilines is 1. The summed E-state index contributed by atoms with van der Waals surface area (Å²) < 4.78 is 16.5. The Bertz CT molecular complexity index is 2020. The third kappa shape index (κ3) is 10.4. The maximum absolute atomic E-state index is 13.7. The van der Waals surface area contributed by atoms with Crippen molar-refractivity contribution in [2.75, 3.05) is 44.9 Å². The number of nitrogens with one attached hydrogen (secondary N) is 4. The van der Waals surface area contributed by atoms with E-state index in [1.165, 1.54) is 0 Å². The van der Waals surface area contributed by atoms with E-state index in [2.05, 4.69) is 21.3 Å². The molecule has 0 aromatic heterocycles. The molecule has 1 heterocycles. The first kappa shape index (κ1) is 39.6. The van der Waals surface area contributed by atoms with Gasteiger partial charge < -0.3 is 40.6 Å². The first-order valence-electron chi connectivity index (χ1n) is 18.8. The Balaban J connectivity index is 1.14. The van der Waals surface area contributed by atoms with Crippen molar-refractivity contribution in [1.82, 2.24) is 16.0 Å². The van der Waals surface area contributed by atoms with E-state index in [1.54, 1.807) is 24.3 Å². The predicted molar refractivity (Wildman–Crippen MR) is 209 cm³/mol. The summed E-state index contributed by atoms with van der Waals surface area (Å²) in [4.78, 5) is 66.9. The van der Waals surface area contributed by atoms with Crippen molar-refractivity contribution in [1.29, 1.82) is 0 Å².